The van der Waals surface area contributed by atoms with Crippen molar-refractivity contribution < 1.29 is 9.53 Å². The van der Waals surface area contributed by atoms with E-state index in [0.29, 0.717) is 23.7 Å². The molecule has 0 aliphatic heterocycles. The van der Waals surface area contributed by atoms with E-state index in [2.05, 4.69) is 9.97 Å². The molecular weight excluding hydrogens is 288 g/mol. The van der Waals surface area contributed by atoms with Gasteiger partial charge in [-0.1, -0.05) is 11.6 Å². The zero-order valence-corrected chi connectivity index (χ0v) is 13.1. The zero-order valence-electron chi connectivity index (χ0n) is 12.4. The number of fused-ring (bicyclic) bond motifs is 1. The summed E-state index contributed by atoms with van der Waals surface area (Å²) < 4.78 is 4.91. The topological polar surface area (TPSA) is 52.1 Å². The van der Waals surface area contributed by atoms with E-state index in [1.807, 2.05) is 26.0 Å². The van der Waals surface area contributed by atoms with E-state index in [0.717, 1.165) is 35.9 Å². The molecule has 0 radical (unpaired) electrons. The summed E-state index contributed by atoms with van der Waals surface area (Å²) in [7, 11) is 0. The molecule has 21 heavy (non-hydrogen) atoms. The first kappa shape index (κ1) is 15.7. The van der Waals surface area contributed by atoms with Crippen molar-refractivity contribution in [3.63, 3.8) is 0 Å². The van der Waals surface area contributed by atoms with Crippen LogP contribution in [0.2, 0.25) is 5.02 Å². The van der Waals surface area contributed by atoms with Crippen molar-refractivity contribution in [2.75, 3.05) is 6.61 Å². The molecule has 0 aromatic carbocycles. The van der Waals surface area contributed by atoms with E-state index >= 15 is 0 Å². The Kier molecular flexibility index (Phi) is 5.51. The third-order valence-electron chi connectivity index (χ3n) is 3.38. The highest BCUT2D eigenvalue weighted by Gasteiger charge is 2.10. The first-order chi connectivity index (χ1) is 10.1. The molecule has 0 unspecified atom stereocenters. The van der Waals surface area contributed by atoms with Gasteiger partial charge in [-0.15, -0.1) is 0 Å². The number of pyridine rings is 2. The first-order valence-electron chi connectivity index (χ1n) is 7.18. The van der Waals surface area contributed by atoms with Gasteiger partial charge in [-0.25, -0.2) is 9.97 Å². The van der Waals surface area contributed by atoms with Gasteiger partial charge in [-0.05, 0) is 50.8 Å². The van der Waals surface area contributed by atoms with Crippen LogP contribution in [0, 0.1) is 6.92 Å². The summed E-state index contributed by atoms with van der Waals surface area (Å²) in [5.41, 5.74) is 2.62. The maximum absolute atomic E-state index is 11.3. The van der Waals surface area contributed by atoms with Gasteiger partial charge < -0.3 is 4.74 Å². The predicted molar refractivity (Wildman–Crippen MR) is 83.5 cm³/mol. The molecule has 5 heteroatoms. The summed E-state index contributed by atoms with van der Waals surface area (Å²) in [4.78, 5) is 20.1. The van der Waals surface area contributed by atoms with Crippen LogP contribution in [0.1, 0.15) is 37.4 Å². The number of halogens is 1. The molecule has 4 nitrogen and oxygen atoms in total. The van der Waals surface area contributed by atoms with Gasteiger partial charge in [0.25, 0.3) is 0 Å². The number of esters is 1. The number of carbonyl (C=O) groups is 1. The average molecular weight is 307 g/mol. The van der Waals surface area contributed by atoms with E-state index < -0.39 is 0 Å². The molecule has 0 fully saturated rings. The van der Waals surface area contributed by atoms with Crippen molar-refractivity contribution in [3.8, 4) is 0 Å². The molecule has 0 aliphatic carbocycles. The molecular formula is C16H19ClN2O2. The number of hydrogen-bond donors (Lipinski definition) is 0. The molecule has 2 heterocycles. The molecule has 2 aromatic rings. The van der Waals surface area contributed by atoms with Crippen LogP contribution in [-0.4, -0.2) is 22.5 Å². The molecule has 0 saturated heterocycles. The van der Waals surface area contributed by atoms with Crippen LogP contribution >= 0.6 is 11.6 Å². The Labute approximate surface area is 129 Å². The lowest BCUT2D eigenvalue weighted by Crippen LogP contribution is -2.04. The van der Waals surface area contributed by atoms with E-state index in [1.54, 1.807) is 6.20 Å². The molecule has 2 aromatic heterocycles. The third kappa shape index (κ3) is 3.91. The molecule has 2 rings (SSSR count). The second-order valence-corrected chi connectivity index (χ2v) is 5.26. The molecule has 112 valence electrons. The Morgan fingerprint density at radius 1 is 1.38 bits per heavy atom. The fraction of sp³-hybridized carbons (Fsp3) is 0.438. The Bertz CT molecular complexity index is 643. The van der Waals surface area contributed by atoms with Crippen molar-refractivity contribution in [2.24, 2.45) is 0 Å². The molecule has 0 N–H and O–H groups in total. The van der Waals surface area contributed by atoms with Crippen LogP contribution in [0.25, 0.3) is 11.0 Å². The second-order valence-electron chi connectivity index (χ2n) is 4.88. The van der Waals surface area contributed by atoms with Gasteiger partial charge in [0, 0.05) is 23.7 Å². The summed E-state index contributed by atoms with van der Waals surface area (Å²) in [6.45, 7) is 4.23. The largest absolute Gasteiger partial charge is 0.466 e. The van der Waals surface area contributed by atoms with Crippen molar-refractivity contribution in [1.82, 2.24) is 9.97 Å². The SMILES string of the molecule is CCOC(=O)CCCCc1nc2ncccc2c(Cl)c1C. The Morgan fingerprint density at radius 2 is 2.19 bits per heavy atom. The van der Waals surface area contributed by atoms with Crippen molar-refractivity contribution in [2.45, 2.75) is 39.5 Å². The number of aryl methyl sites for hydroxylation is 1. The van der Waals surface area contributed by atoms with Crippen LogP contribution in [0.15, 0.2) is 18.3 Å². The van der Waals surface area contributed by atoms with Crippen LogP contribution in [0.4, 0.5) is 0 Å². The highest BCUT2D eigenvalue weighted by atomic mass is 35.5. The van der Waals surface area contributed by atoms with E-state index in [-0.39, 0.29) is 5.97 Å². The van der Waals surface area contributed by atoms with Gasteiger partial charge in [0.1, 0.15) is 0 Å². The van der Waals surface area contributed by atoms with Gasteiger partial charge >= 0.3 is 5.97 Å². The maximum Gasteiger partial charge on any atom is 0.305 e. The minimum atomic E-state index is -0.139. The Hall–Kier alpha value is -1.68. The summed E-state index contributed by atoms with van der Waals surface area (Å²) in [5.74, 6) is -0.139. The van der Waals surface area contributed by atoms with Crippen molar-refractivity contribution in [3.05, 3.63) is 34.6 Å². The molecule has 0 bridgehead atoms. The third-order valence-corrected chi connectivity index (χ3v) is 3.86. The maximum atomic E-state index is 11.3. The van der Waals surface area contributed by atoms with Gasteiger partial charge in [-0.2, -0.15) is 0 Å². The summed E-state index contributed by atoms with van der Waals surface area (Å²) in [6.07, 6.45) is 4.62. The zero-order chi connectivity index (χ0) is 15.2. The molecule has 0 aliphatic rings. The monoisotopic (exact) mass is 306 g/mol. The number of unbranched alkanes of at least 4 members (excludes halogenated alkanes) is 1. The predicted octanol–water partition coefficient (Wildman–Crippen LogP) is 3.87. The summed E-state index contributed by atoms with van der Waals surface area (Å²) >= 11 is 6.38. The van der Waals surface area contributed by atoms with E-state index in [1.165, 1.54) is 0 Å². The summed E-state index contributed by atoms with van der Waals surface area (Å²) in [5, 5.41) is 1.60. The normalized spacial score (nSPS) is 10.8. The highest BCUT2D eigenvalue weighted by Crippen LogP contribution is 2.27. The smallest absolute Gasteiger partial charge is 0.305 e. The molecule has 0 saturated carbocycles. The Balaban J connectivity index is 2.02. The van der Waals surface area contributed by atoms with E-state index in [9.17, 15) is 4.79 Å². The second kappa shape index (κ2) is 7.36. The van der Waals surface area contributed by atoms with E-state index in [4.69, 9.17) is 16.3 Å². The van der Waals surface area contributed by atoms with Crippen molar-refractivity contribution in [1.29, 1.82) is 0 Å². The number of ether oxygens (including phenoxy) is 1. The average Bonchev–Trinajstić information content (AvgIpc) is 2.49. The standard InChI is InChI=1S/C16H19ClN2O2/c1-3-21-14(20)9-5-4-8-13-11(2)15(17)12-7-6-10-18-16(12)19-13/h6-7,10H,3-5,8-9H2,1-2H3. The first-order valence-corrected chi connectivity index (χ1v) is 7.56. The van der Waals surface area contributed by atoms with Crippen LogP contribution in [0.3, 0.4) is 0 Å². The number of carbonyl (C=O) groups excluding carboxylic acids is 1. The number of hydrogen-bond acceptors (Lipinski definition) is 4. The lowest BCUT2D eigenvalue weighted by atomic mass is 10.1. The lowest BCUT2D eigenvalue weighted by molar-refractivity contribution is -0.143. The fourth-order valence-corrected chi connectivity index (χ4v) is 2.49. The minimum absolute atomic E-state index is 0.139. The summed E-state index contributed by atoms with van der Waals surface area (Å²) in [6, 6.07) is 3.78. The van der Waals surface area contributed by atoms with Crippen LogP contribution in [0.5, 0.6) is 0 Å². The Morgan fingerprint density at radius 3 is 2.95 bits per heavy atom. The number of aromatic nitrogens is 2. The van der Waals surface area contributed by atoms with Crippen molar-refractivity contribution >= 4 is 28.6 Å². The quantitative estimate of drug-likeness (QED) is 0.600. The fourth-order valence-electron chi connectivity index (χ4n) is 2.24. The van der Waals surface area contributed by atoms with Gasteiger partial charge in [-0.3, -0.25) is 4.79 Å². The van der Waals surface area contributed by atoms with Crippen LogP contribution in [-0.2, 0) is 16.0 Å². The van der Waals surface area contributed by atoms with Crippen LogP contribution < -0.4 is 0 Å². The van der Waals surface area contributed by atoms with Gasteiger partial charge in [0.2, 0.25) is 0 Å². The minimum Gasteiger partial charge on any atom is -0.466 e. The molecule has 0 atom stereocenters. The molecule has 0 spiro atoms. The van der Waals surface area contributed by atoms with Gasteiger partial charge in [0.15, 0.2) is 5.65 Å². The lowest BCUT2D eigenvalue weighted by Gasteiger charge is -2.09. The van der Waals surface area contributed by atoms with Gasteiger partial charge in [0.05, 0.1) is 11.6 Å². The number of rotatable bonds is 6. The number of nitrogens with zero attached hydrogens (tertiary/aromatic N) is 2. The molecule has 0 amide bonds. The highest BCUT2D eigenvalue weighted by molar-refractivity contribution is 6.36.